The lowest BCUT2D eigenvalue weighted by Crippen LogP contribution is -2.39. The van der Waals surface area contributed by atoms with Crippen LogP contribution in [0.2, 0.25) is 0 Å². The molecule has 1 aromatic heterocycles. The lowest BCUT2D eigenvalue weighted by molar-refractivity contribution is -0.138. The van der Waals surface area contributed by atoms with Crippen molar-refractivity contribution >= 4 is 11.9 Å². The summed E-state index contributed by atoms with van der Waals surface area (Å²) in [6.45, 7) is 1.22. The minimum atomic E-state index is -0.763. The van der Waals surface area contributed by atoms with Gasteiger partial charge in [-0.25, -0.2) is 4.98 Å². The minimum Gasteiger partial charge on any atom is -0.481 e. The molecule has 92 valence electrons. The number of imidazole rings is 1. The Morgan fingerprint density at radius 3 is 2.71 bits per heavy atom. The van der Waals surface area contributed by atoms with Crippen molar-refractivity contribution in [2.45, 2.75) is 19.3 Å². The normalized spacial score (nSPS) is 17.1. The van der Waals surface area contributed by atoms with Crippen molar-refractivity contribution in [3.05, 3.63) is 18.2 Å². The van der Waals surface area contributed by atoms with Crippen LogP contribution in [0.15, 0.2) is 12.4 Å². The fraction of sp³-hybridized carbons (Fsp3) is 0.545. The third kappa shape index (κ3) is 2.83. The van der Waals surface area contributed by atoms with E-state index in [2.05, 4.69) is 9.97 Å². The lowest BCUT2D eigenvalue weighted by atomic mass is 9.93. The summed E-state index contributed by atoms with van der Waals surface area (Å²) in [5.41, 5.74) is 0. The summed E-state index contributed by atoms with van der Waals surface area (Å²) in [6, 6.07) is 0. The number of aromatic amines is 1. The Kier molecular flexibility index (Phi) is 3.41. The molecule has 6 nitrogen and oxygen atoms in total. The number of carbonyl (C=O) groups is 2. The number of hydrogen-bond acceptors (Lipinski definition) is 3. The number of carboxylic acids is 1. The van der Waals surface area contributed by atoms with Gasteiger partial charge in [0.2, 0.25) is 0 Å². The molecule has 1 aromatic rings. The summed E-state index contributed by atoms with van der Waals surface area (Å²) >= 11 is 0. The maximum absolute atomic E-state index is 11.9. The number of aliphatic carboxylic acids is 1. The Balaban J connectivity index is 1.87. The number of likely N-dealkylation sites (tertiary alicyclic amines) is 1. The molecule has 1 fully saturated rings. The SMILES string of the molecule is O=C(O)CC1CCN(C(=O)c2ncc[nH]2)CC1. The van der Waals surface area contributed by atoms with Crippen LogP contribution in [0.3, 0.4) is 0 Å². The molecule has 1 aliphatic heterocycles. The van der Waals surface area contributed by atoms with Crippen LogP contribution in [0.4, 0.5) is 0 Å². The maximum Gasteiger partial charge on any atom is 0.303 e. The van der Waals surface area contributed by atoms with Gasteiger partial charge in [-0.1, -0.05) is 0 Å². The van der Waals surface area contributed by atoms with Gasteiger partial charge < -0.3 is 15.0 Å². The number of nitrogens with zero attached hydrogens (tertiary/aromatic N) is 2. The lowest BCUT2D eigenvalue weighted by Gasteiger charge is -2.30. The molecule has 0 aliphatic carbocycles. The van der Waals surface area contributed by atoms with E-state index in [4.69, 9.17) is 5.11 Å². The zero-order valence-corrected chi connectivity index (χ0v) is 9.43. The van der Waals surface area contributed by atoms with Crippen molar-refractivity contribution in [3.63, 3.8) is 0 Å². The zero-order valence-electron chi connectivity index (χ0n) is 9.43. The van der Waals surface area contributed by atoms with Gasteiger partial charge >= 0.3 is 5.97 Å². The highest BCUT2D eigenvalue weighted by Gasteiger charge is 2.25. The van der Waals surface area contributed by atoms with Gasteiger partial charge in [-0.2, -0.15) is 0 Å². The van der Waals surface area contributed by atoms with Crippen LogP contribution in [-0.2, 0) is 4.79 Å². The van der Waals surface area contributed by atoms with E-state index >= 15 is 0 Å². The number of carboxylic acid groups (broad SMARTS) is 1. The first-order chi connectivity index (χ1) is 8.16. The molecule has 1 saturated heterocycles. The second kappa shape index (κ2) is 4.99. The molecule has 2 rings (SSSR count). The van der Waals surface area contributed by atoms with Crippen LogP contribution in [0.1, 0.15) is 29.9 Å². The summed E-state index contributed by atoms with van der Waals surface area (Å²) in [7, 11) is 0. The Hall–Kier alpha value is -1.85. The van der Waals surface area contributed by atoms with E-state index in [0.717, 1.165) is 12.8 Å². The van der Waals surface area contributed by atoms with Gasteiger partial charge in [0.1, 0.15) is 0 Å². The Morgan fingerprint density at radius 2 is 2.18 bits per heavy atom. The number of piperidine rings is 1. The molecule has 1 amide bonds. The predicted octanol–water partition coefficient (Wildman–Crippen LogP) is 0.737. The molecule has 2 N–H and O–H groups in total. The fourth-order valence-corrected chi connectivity index (χ4v) is 2.12. The molecule has 0 unspecified atom stereocenters. The largest absolute Gasteiger partial charge is 0.481 e. The summed E-state index contributed by atoms with van der Waals surface area (Å²) in [5, 5.41) is 8.70. The van der Waals surface area contributed by atoms with Gasteiger partial charge in [0.05, 0.1) is 0 Å². The highest BCUT2D eigenvalue weighted by molar-refractivity contribution is 5.90. The third-order valence-electron chi connectivity index (χ3n) is 3.07. The van der Waals surface area contributed by atoms with E-state index in [9.17, 15) is 9.59 Å². The molecule has 1 aliphatic rings. The minimum absolute atomic E-state index is 0.108. The Morgan fingerprint density at radius 1 is 1.47 bits per heavy atom. The van der Waals surface area contributed by atoms with Gasteiger partial charge in [-0.05, 0) is 18.8 Å². The van der Waals surface area contributed by atoms with Crippen LogP contribution in [-0.4, -0.2) is 44.9 Å². The van der Waals surface area contributed by atoms with Crippen LogP contribution >= 0.6 is 0 Å². The first kappa shape index (κ1) is 11.6. The second-order valence-electron chi connectivity index (χ2n) is 4.27. The van der Waals surface area contributed by atoms with Crippen molar-refractivity contribution in [2.24, 2.45) is 5.92 Å². The summed E-state index contributed by atoms with van der Waals surface area (Å²) < 4.78 is 0. The Bertz CT molecular complexity index is 394. The summed E-state index contributed by atoms with van der Waals surface area (Å²) in [4.78, 5) is 30.9. The molecule has 0 radical (unpaired) electrons. The van der Waals surface area contributed by atoms with Gasteiger partial charge in [0.15, 0.2) is 5.82 Å². The number of H-pyrrole nitrogens is 1. The van der Waals surface area contributed by atoms with Crippen molar-refractivity contribution < 1.29 is 14.7 Å². The van der Waals surface area contributed by atoms with Gasteiger partial charge in [0.25, 0.3) is 5.91 Å². The first-order valence-electron chi connectivity index (χ1n) is 5.67. The summed E-state index contributed by atoms with van der Waals surface area (Å²) in [5.74, 6) is -0.334. The van der Waals surface area contributed by atoms with Crippen molar-refractivity contribution in [1.29, 1.82) is 0 Å². The van der Waals surface area contributed by atoms with Crippen LogP contribution in [0.5, 0.6) is 0 Å². The molecule has 0 saturated carbocycles. The maximum atomic E-state index is 11.9. The van der Waals surface area contributed by atoms with Gasteiger partial charge in [-0.3, -0.25) is 9.59 Å². The molecule has 0 atom stereocenters. The van der Waals surface area contributed by atoms with E-state index in [1.165, 1.54) is 0 Å². The molecular formula is C11H15N3O3. The van der Waals surface area contributed by atoms with Crippen LogP contribution in [0, 0.1) is 5.92 Å². The van der Waals surface area contributed by atoms with Crippen LogP contribution < -0.4 is 0 Å². The van der Waals surface area contributed by atoms with E-state index in [1.54, 1.807) is 17.3 Å². The Labute approximate surface area is 98.7 Å². The first-order valence-corrected chi connectivity index (χ1v) is 5.67. The molecule has 6 heteroatoms. The van der Waals surface area contributed by atoms with E-state index in [-0.39, 0.29) is 18.2 Å². The molecular weight excluding hydrogens is 222 g/mol. The number of nitrogens with one attached hydrogen (secondary N) is 1. The van der Waals surface area contributed by atoms with Crippen LogP contribution in [0.25, 0.3) is 0 Å². The standard InChI is InChI=1S/C11H15N3O3/c15-9(16)7-8-1-5-14(6-2-8)11(17)10-12-3-4-13-10/h3-4,8H,1-2,5-7H2,(H,12,13)(H,15,16). The molecule has 0 aromatic carbocycles. The number of amides is 1. The molecule has 0 bridgehead atoms. The number of rotatable bonds is 3. The molecule has 17 heavy (non-hydrogen) atoms. The predicted molar refractivity (Wildman–Crippen MR) is 59.5 cm³/mol. The number of aromatic nitrogens is 2. The molecule has 2 heterocycles. The van der Waals surface area contributed by atoms with Crippen molar-refractivity contribution in [2.75, 3.05) is 13.1 Å². The monoisotopic (exact) mass is 237 g/mol. The van der Waals surface area contributed by atoms with E-state index < -0.39 is 5.97 Å². The average molecular weight is 237 g/mol. The zero-order chi connectivity index (χ0) is 12.3. The third-order valence-corrected chi connectivity index (χ3v) is 3.07. The quantitative estimate of drug-likeness (QED) is 0.811. The second-order valence-corrected chi connectivity index (χ2v) is 4.27. The number of hydrogen-bond donors (Lipinski definition) is 2. The van der Waals surface area contributed by atoms with Gasteiger partial charge in [0, 0.05) is 31.9 Å². The van der Waals surface area contributed by atoms with Crippen molar-refractivity contribution in [3.8, 4) is 0 Å². The highest BCUT2D eigenvalue weighted by Crippen LogP contribution is 2.21. The topological polar surface area (TPSA) is 86.3 Å². The average Bonchev–Trinajstić information content (AvgIpc) is 2.82. The fourth-order valence-electron chi connectivity index (χ4n) is 2.12. The number of carbonyl (C=O) groups excluding carboxylic acids is 1. The van der Waals surface area contributed by atoms with Gasteiger partial charge in [-0.15, -0.1) is 0 Å². The highest BCUT2D eigenvalue weighted by atomic mass is 16.4. The molecule has 0 spiro atoms. The van der Waals surface area contributed by atoms with E-state index in [0.29, 0.717) is 18.9 Å². The van der Waals surface area contributed by atoms with E-state index in [1.807, 2.05) is 0 Å². The smallest absolute Gasteiger partial charge is 0.303 e. The van der Waals surface area contributed by atoms with Crippen molar-refractivity contribution in [1.82, 2.24) is 14.9 Å². The summed E-state index contributed by atoms with van der Waals surface area (Å²) in [6.07, 6.45) is 4.86.